The molecule has 2 aliphatic rings. The molecular formula is C13H13ClN2O2. The van der Waals surface area contributed by atoms with Crippen LogP contribution in [0, 0.1) is 5.92 Å². The van der Waals surface area contributed by atoms with Crippen molar-refractivity contribution in [1.82, 2.24) is 5.01 Å². The van der Waals surface area contributed by atoms with Crippen LogP contribution in [-0.4, -0.2) is 28.0 Å². The number of carbonyl (C=O) groups excluding carboxylic acids is 1. The zero-order valence-corrected chi connectivity index (χ0v) is 10.5. The predicted octanol–water partition coefficient (Wildman–Crippen LogP) is 2.27. The summed E-state index contributed by atoms with van der Waals surface area (Å²) in [4.78, 5) is 12.3. The van der Waals surface area contributed by atoms with Gasteiger partial charge in [0.15, 0.2) is 5.72 Å². The first kappa shape index (κ1) is 11.7. The molecule has 18 heavy (non-hydrogen) atoms. The molecule has 0 radical (unpaired) electrons. The van der Waals surface area contributed by atoms with Crippen LogP contribution in [0.1, 0.15) is 29.6 Å². The number of nitrogens with zero attached hydrogens (tertiary/aromatic N) is 2. The highest BCUT2D eigenvalue weighted by Crippen LogP contribution is 2.41. The van der Waals surface area contributed by atoms with Gasteiger partial charge >= 0.3 is 0 Å². The smallest absolute Gasteiger partial charge is 0.276 e. The molecule has 1 heterocycles. The quantitative estimate of drug-likeness (QED) is 0.846. The largest absolute Gasteiger partial charge is 0.368 e. The maximum atomic E-state index is 12.3. The summed E-state index contributed by atoms with van der Waals surface area (Å²) >= 11 is 5.79. The van der Waals surface area contributed by atoms with Gasteiger partial charge in [0.1, 0.15) is 0 Å². The van der Waals surface area contributed by atoms with Crippen LogP contribution in [0.15, 0.2) is 29.4 Å². The number of benzene rings is 1. The minimum absolute atomic E-state index is 0.0336. The Hall–Kier alpha value is -1.39. The van der Waals surface area contributed by atoms with Gasteiger partial charge in [-0.3, -0.25) is 4.79 Å². The van der Waals surface area contributed by atoms with E-state index in [0.29, 0.717) is 17.0 Å². The van der Waals surface area contributed by atoms with Gasteiger partial charge in [-0.05, 0) is 43.5 Å². The summed E-state index contributed by atoms with van der Waals surface area (Å²) in [6.07, 6.45) is 4.06. The number of hydrazone groups is 1. The molecule has 1 aromatic rings. The van der Waals surface area contributed by atoms with Crippen LogP contribution in [0.25, 0.3) is 0 Å². The molecule has 1 aromatic carbocycles. The molecule has 1 N–H and O–H groups in total. The van der Waals surface area contributed by atoms with Gasteiger partial charge in [-0.2, -0.15) is 10.1 Å². The van der Waals surface area contributed by atoms with Gasteiger partial charge in [-0.1, -0.05) is 11.6 Å². The van der Waals surface area contributed by atoms with Gasteiger partial charge < -0.3 is 5.11 Å². The van der Waals surface area contributed by atoms with Crippen molar-refractivity contribution < 1.29 is 9.90 Å². The fourth-order valence-electron chi connectivity index (χ4n) is 2.65. The lowest BCUT2D eigenvalue weighted by atomic mass is 10.0. The Kier molecular flexibility index (Phi) is 2.64. The Morgan fingerprint density at radius 3 is 2.89 bits per heavy atom. The molecule has 1 amide bonds. The van der Waals surface area contributed by atoms with E-state index in [0.717, 1.165) is 12.8 Å². The van der Waals surface area contributed by atoms with E-state index in [1.165, 1.54) is 5.01 Å². The zero-order valence-electron chi connectivity index (χ0n) is 9.71. The van der Waals surface area contributed by atoms with Gasteiger partial charge in [-0.15, -0.1) is 0 Å². The van der Waals surface area contributed by atoms with Crippen molar-refractivity contribution in [2.75, 3.05) is 0 Å². The van der Waals surface area contributed by atoms with Gasteiger partial charge in [0.25, 0.3) is 5.91 Å². The second kappa shape index (κ2) is 4.07. The molecule has 94 valence electrons. The van der Waals surface area contributed by atoms with Gasteiger partial charge in [0.2, 0.25) is 0 Å². The van der Waals surface area contributed by atoms with E-state index in [2.05, 4.69) is 5.10 Å². The molecule has 1 saturated carbocycles. The standard InChI is InChI=1S/C13H13ClN2O2/c14-11-5-3-9(4-6-11)12(17)16-13(18)7-1-2-10(13)8-15-16/h3-6,8,10,18H,1-2,7H2/t10-,13+/m1/s1. The lowest BCUT2D eigenvalue weighted by molar-refractivity contribution is -0.0841. The fourth-order valence-corrected chi connectivity index (χ4v) is 2.77. The molecule has 0 bridgehead atoms. The highest BCUT2D eigenvalue weighted by atomic mass is 35.5. The van der Waals surface area contributed by atoms with E-state index in [4.69, 9.17) is 11.6 Å². The molecule has 1 aliphatic carbocycles. The number of carbonyl (C=O) groups is 1. The Bertz CT molecular complexity index is 514. The summed E-state index contributed by atoms with van der Waals surface area (Å²) in [5.74, 6) is -0.316. The summed E-state index contributed by atoms with van der Waals surface area (Å²) in [5, 5.41) is 16.4. The maximum absolute atomic E-state index is 12.3. The summed E-state index contributed by atoms with van der Waals surface area (Å²) in [6, 6.07) is 6.60. The van der Waals surface area contributed by atoms with Crippen LogP contribution in [-0.2, 0) is 0 Å². The maximum Gasteiger partial charge on any atom is 0.276 e. The third-order valence-corrected chi connectivity index (χ3v) is 3.92. The predicted molar refractivity (Wildman–Crippen MR) is 68.4 cm³/mol. The van der Waals surface area contributed by atoms with E-state index in [-0.39, 0.29) is 11.8 Å². The molecule has 1 fully saturated rings. The lowest BCUT2D eigenvalue weighted by Gasteiger charge is -2.30. The molecule has 4 nitrogen and oxygen atoms in total. The van der Waals surface area contributed by atoms with Gasteiger partial charge in [0, 0.05) is 22.7 Å². The van der Waals surface area contributed by atoms with Crippen molar-refractivity contribution in [2.24, 2.45) is 11.0 Å². The van der Waals surface area contributed by atoms with Crippen molar-refractivity contribution in [3.05, 3.63) is 34.9 Å². The van der Waals surface area contributed by atoms with Gasteiger partial charge in [-0.25, -0.2) is 0 Å². The Morgan fingerprint density at radius 1 is 1.44 bits per heavy atom. The van der Waals surface area contributed by atoms with Crippen LogP contribution in [0.5, 0.6) is 0 Å². The molecule has 0 saturated heterocycles. The summed E-state index contributed by atoms with van der Waals surface area (Å²) < 4.78 is 0. The third kappa shape index (κ3) is 1.64. The van der Waals surface area contributed by atoms with Crippen LogP contribution < -0.4 is 0 Å². The third-order valence-electron chi connectivity index (χ3n) is 3.67. The number of hydrogen-bond donors (Lipinski definition) is 1. The molecule has 0 unspecified atom stereocenters. The van der Waals surface area contributed by atoms with Crippen LogP contribution in [0.2, 0.25) is 5.02 Å². The second-order valence-electron chi connectivity index (χ2n) is 4.77. The monoisotopic (exact) mass is 264 g/mol. The normalized spacial score (nSPS) is 29.7. The average Bonchev–Trinajstić information content (AvgIpc) is 2.85. The molecule has 3 rings (SSSR count). The molecule has 0 aromatic heterocycles. The SMILES string of the molecule is O=C(c1ccc(Cl)cc1)N1N=C[C@H]2CCC[C@]21O. The molecular weight excluding hydrogens is 252 g/mol. The zero-order chi connectivity index (χ0) is 12.8. The summed E-state index contributed by atoms with van der Waals surface area (Å²) in [6.45, 7) is 0. The van der Waals surface area contributed by atoms with E-state index < -0.39 is 5.72 Å². The minimum atomic E-state index is -1.13. The topological polar surface area (TPSA) is 52.9 Å². The first-order chi connectivity index (χ1) is 8.61. The summed E-state index contributed by atoms with van der Waals surface area (Å²) in [7, 11) is 0. The van der Waals surface area contributed by atoms with Crippen LogP contribution in [0.3, 0.4) is 0 Å². The number of rotatable bonds is 1. The molecule has 1 aliphatic heterocycles. The summed E-state index contributed by atoms with van der Waals surface area (Å²) in [5.41, 5.74) is -0.644. The number of aliphatic hydroxyl groups is 1. The highest BCUT2D eigenvalue weighted by molar-refractivity contribution is 6.30. The Labute approximate surface area is 110 Å². The molecule has 0 spiro atoms. The van der Waals surface area contributed by atoms with Crippen molar-refractivity contribution in [2.45, 2.75) is 25.0 Å². The second-order valence-corrected chi connectivity index (χ2v) is 5.20. The van der Waals surface area contributed by atoms with E-state index >= 15 is 0 Å². The van der Waals surface area contributed by atoms with Crippen LogP contribution >= 0.6 is 11.6 Å². The highest BCUT2D eigenvalue weighted by Gasteiger charge is 2.51. The number of amides is 1. The number of hydrogen-bond acceptors (Lipinski definition) is 3. The number of fused-ring (bicyclic) bond motifs is 1. The van der Waals surface area contributed by atoms with Crippen LogP contribution in [0.4, 0.5) is 0 Å². The molecule has 2 atom stereocenters. The first-order valence-electron chi connectivity index (χ1n) is 5.98. The Balaban J connectivity index is 1.89. The van der Waals surface area contributed by atoms with Crippen molar-refractivity contribution in [3.63, 3.8) is 0 Å². The Morgan fingerprint density at radius 2 is 2.17 bits per heavy atom. The van der Waals surface area contributed by atoms with E-state index in [1.54, 1.807) is 30.5 Å². The first-order valence-corrected chi connectivity index (χ1v) is 6.36. The number of halogens is 1. The van der Waals surface area contributed by atoms with Crippen molar-refractivity contribution in [1.29, 1.82) is 0 Å². The van der Waals surface area contributed by atoms with E-state index in [9.17, 15) is 9.90 Å². The minimum Gasteiger partial charge on any atom is -0.368 e. The fraction of sp³-hybridized carbons (Fsp3) is 0.385. The lowest BCUT2D eigenvalue weighted by Crippen LogP contribution is -2.47. The van der Waals surface area contributed by atoms with Crippen molar-refractivity contribution >= 4 is 23.7 Å². The average molecular weight is 265 g/mol. The van der Waals surface area contributed by atoms with E-state index in [1.807, 2.05) is 0 Å². The van der Waals surface area contributed by atoms with Crippen molar-refractivity contribution in [3.8, 4) is 0 Å². The van der Waals surface area contributed by atoms with Gasteiger partial charge in [0.05, 0.1) is 0 Å². The molecule has 5 heteroatoms.